The lowest BCUT2D eigenvalue weighted by atomic mass is 10.0. The molecule has 2 heterocycles. The van der Waals surface area contributed by atoms with Crippen LogP contribution in [0.1, 0.15) is 26.4 Å². The fourth-order valence-corrected chi connectivity index (χ4v) is 3.13. The molecular weight excluding hydrogens is 290 g/mol. The molecule has 0 spiro atoms. The molecular formula is C18H15N3O2. The number of fused-ring (bicyclic) bond motifs is 3. The van der Waals surface area contributed by atoms with Gasteiger partial charge in [-0.1, -0.05) is 30.3 Å². The Bertz CT molecular complexity index is 942. The number of para-hydroxylation sites is 2. The van der Waals surface area contributed by atoms with Crippen molar-refractivity contribution in [3.8, 4) is 0 Å². The summed E-state index contributed by atoms with van der Waals surface area (Å²) in [6.07, 6.45) is 0.642. The molecule has 5 heteroatoms. The summed E-state index contributed by atoms with van der Waals surface area (Å²) >= 11 is 0. The normalized spacial score (nSPS) is 14.1. The minimum atomic E-state index is -0.350. The number of nitrogens with one attached hydrogen (secondary N) is 1. The predicted octanol–water partition coefficient (Wildman–Crippen LogP) is 2.59. The van der Waals surface area contributed by atoms with Gasteiger partial charge in [0.25, 0.3) is 11.8 Å². The summed E-state index contributed by atoms with van der Waals surface area (Å²) in [6.45, 7) is 0.362. The molecule has 0 unspecified atom stereocenters. The minimum Gasteiger partial charge on any atom is -0.398 e. The molecule has 5 nitrogen and oxygen atoms in total. The van der Waals surface area contributed by atoms with Crippen molar-refractivity contribution in [3.63, 3.8) is 0 Å². The SMILES string of the molecule is Nc1ccccc1C(=O)N1CCc2c([nH]c3ccccc23)C1=O. The summed E-state index contributed by atoms with van der Waals surface area (Å²) in [4.78, 5) is 29.8. The molecule has 23 heavy (non-hydrogen) atoms. The second-order valence-corrected chi connectivity index (χ2v) is 5.62. The van der Waals surface area contributed by atoms with Gasteiger partial charge in [0.05, 0.1) is 5.56 Å². The Morgan fingerprint density at radius 1 is 1.09 bits per heavy atom. The Kier molecular flexibility index (Phi) is 2.94. The van der Waals surface area contributed by atoms with Gasteiger partial charge in [-0.3, -0.25) is 14.5 Å². The Labute approximate surface area is 132 Å². The highest BCUT2D eigenvalue weighted by Crippen LogP contribution is 2.28. The maximum Gasteiger partial charge on any atom is 0.277 e. The van der Waals surface area contributed by atoms with E-state index >= 15 is 0 Å². The standard InChI is InChI=1S/C18H15N3O2/c19-14-7-3-1-6-13(14)17(22)21-10-9-12-11-5-2-4-8-15(11)20-16(12)18(21)23/h1-8,20H,9-10,19H2. The van der Waals surface area contributed by atoms with Crippen molar-refractivity contribution in [3.05, 3.63) is 65.4 Å². The zero-order valence-electron chi connectivity index (χ0n) is 12.4. The van der Waals surface area contributed by atoms with Crippen molar-refractivity contribution in [1.29, 1.82) is 0 Å². The van der Waals surface area contributed by atoms with Crippen molar-refractivity contribution >= 4 is 28.4 Å². The lowest BCUT2D eigenvalue weighted by molar-refractivity contribution is 0.0602. The minimum absolute atomic E-state index is 0.296. The quantitative estimate of drug-likeness (QED) is 0.536. The van der Waals surface area contributed by atoms with Crippen molar-refractivity contribution in [2.45, 2.75) is 6.42 Å². The van der Waals surface area contributed by atoms with Gasteiger partial charge in [0.15, 0.2) is 0 Å². The van der Waals surface area contributed by atoms with Crippen molar-refractivity contribution in [2.75, 3.05) is 12.3 Å². The number of aromatic nitrogens is 1. The summed E-state index contributed by atoms with van der Waals surface area (Å²) in [5.41, 5.74) is 9.01. The number of amides is 2. The van der Waals surface area contributed by atoms with Crippen LogP contribution in [0.15, 0.2) is 48.5 Å². The van der Waals surface area contributed by atoms with Gasteiger partial charge in [0.2, 0.25) is 0 Å². The van der Waals surface area contributed by atoms with Gasteiger partial charge in [0, 0.05) is 23.1 Å². The third-order valence-electron chi connectivity index (χ3n) is 4.29. The molecule has 4 rings (SSSR count). The Balaban J connectivity index is 1.75. The molecule has 1 aromatic heterocycles. The van der Waals surface area contributed by atoms with E-state index in [4.69, 9.17) is 5.73 Å². The number of benzene rings is 2. The first-order chi connectivity index (χ1) is 11.2. The number of nitrogens with two attached hydrogens (primary N) is 1. The van der Waals surface area contributed by atoms with E-state index in [1.54, 1.807) is 24.3 Å². The van der Waals surface area contributed by atoms with Crippen LogP contribution in [0.5, 0.6) is 0 Å². The van der Waals surface area contributed by atoms with Gasteiger partial charge in [0.1, 0.15) is 5.69 Å². The fraction of sp³-hybridized carbons (Fsp3) is 0.111. The molecule has 2 amide bonds. The van der Waals surface area contributed by atoms with Gasteiger partial charge >= 0.3 is 0 Å². The Morgan fingerprint density at radius 3 is 2.65 bits per heavy atom. The van der Waals surface area contributed by atoms with E-state index < -0.39 is 0 Å². The molecule has 1 aliphatic rings. The molecule has 0 bridgehead atoms. The lowest BCUT2D eigenvalue weighted by Crippen LogP contribution is -2.42. The van der Waals surface area contributed by atoms with E-state index in [2.05, 4.69) is 4.98 Å². The van der Waals surface area contributed by atoms with Gasteiger partial charge in [-0.05, 0) is 30.2 Å². The smallest absolute Gasteiger partial charge is 0.277 e. The molecule has 0 saturated heterocycles. The lowest BCUT2D eigenvalue weighted by Gasteiger charge is -2.25. The summed E-state index contributed by atoms with van der Waals surface area (Å²) in [7, 11) is 0. The number of rotatable bonds is 1. The summed E-state index contributed by atoms with van der Waals surface area (Å²) in [5.74, 6) is -0.645. The molecule has 0 atom stereocenters. The molecule has 0 fully saturated rings. The number of H-pyrrole nitrogens is 1. The Hall–Kier alpha value is -3.08. The van der Waals surface area contributed by atoms with Crippen LogP contribution >= 0.6 is 0 Å². The third-order valence-corrected chi connectivity index (χ3v) is 4.29. The van der Waals surface area contributed by atoms with Crippen LogP contribution in [0, 0.1) is 0 Å². The number of imide groups is 1. The maximum absolute atomic E-state index is 12.7. The molecule has 1 aliphatic heterocycles. The summed E-state index contributed by atoms with van der Waals surface area (Å²) in [6, 6.07) is 14.6. The molecule has 0 radical (unpaired) electrons. The van der Waals surface area contributed by atoms with Gasteiger partial charge in [-0.2, -0.15) is 0 Å². The summed E-state index contributed by atoms with van der Waals surface area (Å²) in [5, 5.41) is 1.04. The van der Waals surface area contributed by atoms with Crippen LogP contribution in [0.4, 0.5) is 5.69 Å². The molecule has 3 aromatic rings. The van der Waals surface area contributed by atoms with Crippen LogP contribution < -0.4 is 5.73 Å². The van der Waals surface area contributed by atoms with Crippen LogP contribution in [0.3, 0.4) is 0 Å². The van der Waals surface area contributed by atoms with E-state index in [0.717, 1.165) is 16.5 Å². The third kappa shape index (κ3) is 2.01. The number of hydrogen-bond acceptors (Lipinski definition) is 3. The van der Waals surface area contributed by atoms with E-state index in [0.29, 0.717) is 29.9 Å². The second-order valence-electron chi connectivity index (χ2n) is 5.62. The number of hydrogen-bond donors (Lipinski definition) is 2. The molecule has 0 aliphatic carbocycles. The molecule has 3 N–H and O–H groups in total. The number of anilines is 1. The fourth-order valence-electron chi connectivity index (χ4n) is 3.13. The number of carbonyl (C=O) groups excluding carboxylic acids is 2. The first-order valence-corrected chi connectivity index (χ1v) is 7.47. The number of nitrogen functional groups attached to an aromatic ring is 1. The highest BCUT2D eigenvalue weighted by molar-refractivity contribution is 6.14. The van der Waals surface area contributed by atoms with Gasteiger partial charge < -0.3 is 10.7 Å². The van der Waals surface area contributed by atoms with Crippen LogP contribution in [0.25, 0.3) is 10.9 Å². The number of carbonyl (C=O) groups is 2. The van der Waals surface area contributed by atoms with Crippen LogP contribution in [-0.4, -0.2) is 28.2 Å². The largest absolute Gasteiger partial charge is 0.398 e. The highest BCUT2D eigenvalue weighted by atomic mass is 16.2. The average Bonchev–Trinajstić information content (AvgIpc) is 2.95. The summed E-state index contributed by atoms with van der Waals surface area (Å²) < 4.78 is 0. The first-order valence-electron chi connectivity index (χ1n) is 7.47. The zero-order valence-corrected chi connectivity index (χ0v) is 12.4. The first kappa shape index (κ1) is 13.6. The van der Waals surface area contributed by atoms with E-state index in [1.807, 2.05) is 24.3 Å². The number of aromatic amines is 1. The molecule has 0 saturated carbocycles. The second kappa shape index (κ2) is 4.98. The van der Waals surface area contributed by atoms with Gasteiger partial charge in [-0.15, -0.1) is 0 Å². The Morgan fingerprint density at radius 2 is 1.83 bits per heavy atom. The molecule has 114 valence electrons. The van der Waals surface area contributed by atoms with Crippen molar-refractivity contribution < 1.29 is 9.59 Å². The molecule has 2 aromatic carbocycles. The van der Waals surface area contributed by atoms with E-state index in [1.165, 1.54) is 4.90 Å². The highest BCUT2D eigenvalue weighted by Gasteiger charge is 2.32. The maximum atomic E-state index is 12.7. The average molecular weight is 305 g/mol. The van der Waals surface area contributed by atoms with Crippen molar-refractivity contribution in [2.24, 2.45) is 0 Å². The van der Waals surface area contributed by atoms with Gasteiger partial charge in [-0.25, -0.2) is 0 Å². The van der Waals surface area contributed by atoms with Crippen molar-refractivity contribution in [1.82, 2.24) is 9.88 Å². The van der Waals surface area contributed by atoms with Crippen LogP contribution in [0.2, 0.25) is 0 Å². The number of nitrogens with zero attached hydrogens (tertiary/aromatic N) is 1. The van der Waals surface area contributed by atoms with E-state index in [9.17, 15) is 9.59 Å². The van der Waals surface area contributed by atoms with Crippen LogP contribution in [-0.2, 0) is 6.42 Å². The topological polar surface area (TPSA) is 79.2 Å². The predicted molar refractivity (Wildman–Crippen MR) is 88.2 cm³/mol. The van der Waals surface area contributed by atoms with E-state index in [-0.39, 0.29) is 11.8 Å². The monoisotopic (exact) mass is 305 g/mol. The zero-order chi connectivity index (χ0) is 16.0.